The quantitative estimate of drug-likeness (QED) is 0.579. The molecule has 8 nitrogen and oxygen atoms in total. The third-order valence-electron chi connectivity index (χ3n) is 3.82. The number of nitrogens with two attached hydrogens (primary N) is 1. The molecule has 0 bridgehead atoms. The molecule has 0 spiro atoms. The van der Waals surface area contributed by atoms with Gasteiger partial charge in [-0.25, -0.2) is 0 Å². The van der Waals surface area contributed by atoms with Crippen LogP contribution in [0.1, 0.15) is 5.56 Å². The van der Waals surface area contributed by atoms with E-state index in [0.717, 1.165) is 35.6 Å². The Kier molecular flexibility index (Phi) is 3.73. The second-order valence-corrected chi connectivity index (χ2v) is 5.06. The molecule has 1 aliphatic heterocycles. The Morgan fingerprint density at radius 1 is 1.22 bits per heavy atom. The summed E-state index contributed by atoms with van der Waals surface area (Å²) in [5.74, 6) is 2.27. The van der Waals surface area contributed by atoms with Crippen LogP contribution in [-0.4, -0.2) is 43.6 Å². The smallest absolute Gasteiger partial charge is 0.215 e. The van der Waals surface area contributed by atoms with E-state index < -0.39 is 0 Å². The van der Waals surface area contributed by atoms with Gasteiger partial charge in [-0.1, -0.05) is 0 Å². The Labute approximate surface area is 133 Å². The molecule has 0 aliphatic carbocycles. The zero-order valence-corrected chi connectivity index (χ0v) is 13.3. The number of aromatic nitrogens is 2. The third-order valence-corrected chi connectivity index (χ3v) is 3.82. The number of nitrogens with one attached hydrogen (secondary N) is 2. The fourth-order valence-corrected chi connectivity index (χ4v) is 2.80. The summed E-state index contributed by atoms with van der Waals surface area (Å²) in [5, 5.41) is 15.3. The van der Waals surface area contributed by atoms with E-state index in [1.807, 2.05) is 12.1 Å². The number of fused-ring (bicyclic) bond motifs is 1. The van der Waals surface area contributed by atoms with Gasteiger partial charge in [-0.15, -0.1) is 0 Å². The standard InChI is InChI=1S/C15H19N5O3/c1-21-10-6-8(7-11(22-2)13(10)23-3)12-9-4-5-18-14(9)20(19-12)15(16)17/h6-7,18H,4-5H2,1-3H3,(H3,16,17). The van der Waals surface area contributed by atoms with Gasteiger partial charge in [0.25, 0.3) is 0 Å². The van der Waals surface area contributed by atoms with Gasteiger partial charge in [-0.05, 0) is 18.6 Å². The number of hydrogen-bond donors (Lipinski definition) is 3. The second kappa shape index (κ2) is 5.71. The van der Waals surface area contributed by atoms with Crippen LogP contribution >= 0.6 is 0 Å². The van der Waals surface area contributed by atoms with E-state index >= 15 is 0 Å². The lowest BCUT2D eigenvalue weighted by Gasteiger charge is -2.13. The number of anilines is 1. The summed E-state index contributed by atoms with van der Waals surface area (Å²) in [7, 11) is 4.70. The van der Waals surface area contributed by atoms with Gasteiger partial charge in [0.15, 0.2) is 11.5 Å². The average molecular weight is 317 g/mol. The largest absolute Gasteiger partial charge is 0.493 e. The van der Waals surface area contributed by atoms with Crippen LogP contribution in [0.15, 0.2) is 12.1 Å². The van der Waals surface area contributed by atoms with Gasteiger partial charge in [0.1, 0.15) is 5.82 Å². The maximum atomic E-state index is 7.67. The van der Waals surface area contributed by atoms with Gasteiger partial charge < -0.3 is 25.3 Å². The number of benzene rings is 1. The van der Waals surface area contributed by atoms with Crippen molar-refractivity contribution in [3.05, 3.63) is 17.7 Å². The van der Waals surface area contributed by atoms with E-state index in [2.05, 4.69) is 10.4 Å². The summed E-state index contributed by atoms with van der Waals surface area (Å²) in [6.45, 7) is 0.790. The predicted molar refractivity (Wildman–Crippen MR) is 86.8 cm³/mol. The minimum Gasteiger partial charge on any atom is -0.493 e. The second-order valence-electron chi connectivity index (χ2n) is 5.06. The summed E-state index contributed by atoms with van der Waals surface area (Å²) in [6.07, 6.45) is 0.814. The monoisotopic (exact) mass is 317 g/mol. The number of nitrogen functional groups attached to an aromatic ring is 1. The minimum absolute atomic E-state index is 0.130. The van der Waals surface area contributed by atoms with Gasteiger partial charge in [0, 0.05) is 17.7 Å². The van der Waals surface area contributed by atoms with Crippen LogP contribution in [0.5, 0.6) is 17.2 Å². The van der Waals surface area contributed by atoms with Crippen LogP contribution in [0.25, 0.3) is 11.3 Å². The van der Waals surface area contributed by atoms with Gasteiger partial charge in [0.05, 0.1) is 27.0 Å². The van der Waals surface area contributed by atoms with E-state index in [-0.39, 0.29) is 5.96 Å². The lowest BCUT2D eigenvalue weighted by atomic mass is 10.1. The highest BCUT2D eigenvalue weighted by atomic mass is 16.5. The van der Waals surface area contributed by atoms with Crippen molar-refractivity contribution in [1.29, 1.82) is 5.41 Å². The van der Waals surface area contributed by atoms with Crippen LogP contribution < -0.4 is 25.3 Å². The van der Waals surface area contributed by atoms with Gasteiger partial charge in [-0.3, -0.25) is 5.41 Å². The summed E-state index contributed by atoms with van der Waals surface area (Å²) >= 11 is 0. The first-order valence-corrected chi connectivity index (χ1v) is 7.11. The van der Waals surface area contributed by atoms with Crippen molar-refractivity contribution in [3.63, 3.8) is 0 Å². The normalized spacial score (nSPS) is 12.5. The summed E-state index contributed by atoms with van der Waals surface area (Å²) in [4.78, 5) is 0. The molecule has 23 heavy (non-hydrogen) atoms. The molecule has 0 fully saturated rings. The van der Waals surface area contributed by atoms with E-state index in [0.29, 0.717) is 17.2 Å². The van der Waals surface area contributed by atoms with Crippen molar-refractivity contribution in [2.45, 2.75) is 6.42 Å². The maximum Gasteiger partial charge on any atom is 0.215 e. The number of nitrogens with zero attached hydrogens (tertiary/aromatic N) is 2. The molecule has 122 valence electrons. The lowest BCUT2D eigenvalue weighted by Crippen LogP contribution is -2.23. The molecule has 1 aliphatic rings. The zero-order valence-electron chi connectivity index (χ0n) is 13.3. The van der Waals surface area contributed by atoms with Crippen LogP contribution in [0.3, 0.4) is 0 Å². The van der Waals surface area contributed by atoms with E-state index in [1.165, 1.54) is 4.68 Å². The first-order valence-electron chi connectivity index (χ1n) is 7.11. The van der Waals surface area contributed by atoms with Crippen LogP contribution in [0, 0.1) is 5.41 Å². The fraction of sp³-hybridized carbons (Fsp3) is 0.333. The molecule has 2 heterocycles. The minimum atomic E-state index is -0.130. The van der Waals surface area contributed by atoms with Gasteiger partial charge in [-0.2, -0.15) is 9.78 Å². The molecule has 2 aromatic rings. The Hall–Kier alpha value is -2.90. The third kappa shape index (κ3) is 2.32. The Balaban J connectivity index is 2.20. The summed E-state index contributed by atoms with van der Waals surface area (Å²) in [6, 6.07) is 3.68. The topological polar surface area (TPSA) is 107 Å². The first kappa shape index (κ1) is 15.0. The predicted octanol–water partition coefficient (Wildman–Crippen LogP) is 1.29. The Morgan fingerprint density at radius 2 is 1.87 bits per heavy atom. The van der Waals surface area contributed by atoms with Crippen molar-refractivity contribution in [2.75, 3.05) is 33.2 Å². The van der Waals surface area contributed by atoms with Crippen molar-refractivity contribution in [3.8, 4) is 28.5 Å². The molecular weight excluding hydrogens is 298 g/mol. The molecule has 4 N–H and O–H groups in total. The van der Waals surface area contributed by atoms with E-state index in [1.54, 1.807) is 21.3 Å². The molecule has 0 saturated heterocycles. The van der Waals surface area contributed by atoms with Crippen molar-refractivity contribution < 1.29 is 14.2 Å². The van der Waals surface area contributed by atoms with E-state index in [9.17, 15) is 0 Å². The molecule has 0 radical (unpaired) electrons. The lowest BCUT2D eigenvalue weighted by molar-refractivity contribution is 0.324. The van der Waals surface area contributed by atoms with Crippen LogP contribution in [0.2, 0.25) is 0 Å². The fourth-order valence-electron chi connectivity index (χ4n) is 2.80. The molecule has 1 aromatic heterocycles. The highest BCUT2D eigenvalue weighted by Gasteiger charge is 2.26. The Bertz CT molecular complexity index is 744. The van der Waals surface area contributed by atoms with Crippen molar-refractivity contribution >= 4 is 11.8 Å². The molecule has 0 atom stereocenters. The molecule has 3 rings (SSSR count). The first-order chi connectivity index (χ1) is 11.1. The molecule has 8 heteroatoms. The average Bonchev–Trinajstić information content (AvgIpc) is 3.15. The number of rotatable bonds is 4. The highest BCUT2D eigenvalue weighted by molar-refractivity contribution is 5.85. The Morgan fingerprint density at radius 3 is 2.39 bits per heavy atom. The summed E-state index contributed by atoms with van der Waals surface area (Å²) < 4.78 is 17.5. The molecule has 1 aromatic carbocycles. The van der Waals surface area contributed by atoms with Gasteiger partial charge >= 0.3 is 0 Å². The number of methoxy groups -OCH3 is 3. The van der Waals surface area contributed by atoms with Crippen molar-refractivity contribution in [2.24, 2.45) is 5.73 Å². The van der Waals surface area contributed by atoms with E-state index in [4.69, 9.17) is 25.4 Å². The number of hydrogen-bond acceptors (Lipinski definition) is 6. The highest BCUT2D eigenvalue weighted by Crippen LogP contribution is 2.43. The molecule has 0 amide bonds. The van der Waals surface area contributed by atoms with Crippen molar-refractivity contribution in [1.82, 2.24) is 9.78 Å². The van der Waals surface area contributed by atoms with Crippen LogP contribution in [0.4, 0.5) is 5.82 Å². The maximum absolute atomic E-state index is 7.67. The van der Waals surface area contributed by atoms with Gasteiger partial charge in [0.2, 0.25) is 11.7 Å². The summed E-state index contributed by atoms with van der Waals surface area (Å²) in [5.41, 5.74) is 8.20. The van der Waals surface area contributed by atoms with Crippen LogP contribution in [-0.2, 0) is 6.42 Å². The molecular formula is C15H19N5O3. The number of ether oxygens (including phenoxy) is 3. The zero-order chi connectivity index (χ0) is 16.6. The molecule has 0 unspecified atom stereocenters. The molecule has 0 saturated carbocycles. The SMILES string of the molecule is COc1cc(-c2nn(C(=N)N)c3c2CCN3)cc(OC)c1OC.